The smallest absolute Gasteiger partial charge is 0.252 e. The zero-order valence-corrected chi connectivity index (χ0v) is 18.6. The molecule has 2 aromatic rings. The number of nitrogens with one attached hydrogen (secondary N) is 1. The van der Waals surface area contributed by atoms with Gasteiger partial charge in [0.15, 0.2) is 5.54 Å². The first kappa shape index (κ1) is 23.5. The number of hydrogen-bond acceptors (Lipinski definition) is 5. The Kier molecular flexibility index (Phi) is 8.45. The monoisotopic (exact) mass is 436 g/mol. The minimum Gasteiger partial charge on any atom is -0.494 e. The van der Waals surface area contributed by atoms with Crippen molar-refractivity contribution < 1.29 is 19.4 Å². The van der Waals surface area contributed by atoms with Gasteiger partial charge in [-0.25, -0.2) is 4.99 Å². The van der Waals surface area contributed by atoms with E-state index in [9.17, 15) is 4.79 Å². The van der Waals surface area contributed by atoms with Crippen LogP contribution in [0.3, 0.4) is 0 Å². The molecule has 170 valence electrons. The quantitative estimate of drug-likeness (QED) is 0.393. The van der Waals surface area contributed by atoms with Gasteiger partial charge in [0.1, 0.15) is 11.9 Å². The lowest BCUT2D eigenvalue weighted by Crippen LogP contribution is -2.50. The van der Waals surface area contributed by atoms with Crippen molar-refractivity contribution >= 4 is 11.8 Å². The molecule has 0 unspecified atom stereocenters. The highest BCUT2D eigenvalue weighted by atomic mass is 16.5. The molecule has 0 spiro atoms. The predicted octanol–water partition coefficient (Wildman–Crippen LogP) is 3.68. The molecule has 32 heavy (non-hydrogen) atoms. The van der Waals surface area contributed by atoms with Gasteiger partial charge in [0, 0.05) is 31.6 Å². The summed E-state index contributed by atoms with van der Waals surface area (Å²) in [7, 11) is 0. The molecule has 0 aliphatic carbocycles. The van der Waals surface area contributed by atoms with E-state index < -0.39 is 11.6 Å². The molecule has 2 N–H and O–H groups in total. The van der Waals surface area contributed by atoms with Gasteiger partial charge in [-0.1, -0.05) is 36.4 Å². The Morgan fingerprint density at radius 1 is 1.22 bits per heavy atom. The summed E-state index contributed by atoms with van der Waals surface area (Å²) < 4.78 is 11.6. The molecule has 6 heteroatoms. The Bertz CT molecular complexity index is 911. The van der Waals surface area contributed by atoms with E-state index in [0.29, 0.717) is 37.6 Å². The topological polar surface area (TPSA) is 80.2 Å². The zero-order chi connectivity index (χ0) is 22.8. The molecule has 6 nitrogen and oxygen atoms in total. The maximum absolute atomic E-state index is 13.2. The lowest BCUT2D eigenvalue weighted by molar-refractivity contribution is -0.128. The third-order valence-corrected chi connectivity index (χ3v) is 5.55. The van der Waals surface area contributed by atoms with Crippen LogP contribution in [0.2, 0.25) is 0 Å². The standard InChI is InChI=1S/C26H32N2O4/c1-3-16-26(25(30)27-17-7-11-21-9-5-4-6-10-21)20(2)32-24(28-26)22-12-14-23(15-13-22)31-19-8-18-29/h3-6,9-10,12-15,20,29H,1,7-8,11,16-19H2,2H3,(H,27,30)/t20-,26-/m1/s1. The highest BCUT2D eigenvalue weighted by Crippen LogP contribution is 2.32. The fraction of sp³-hybridized carbons (Fsp3) is 0.385. The second-order valence-electron chi connectivity index (χ2n) is 7.89. The number of benzene rings is 2. The largest absolute Gasteiger partial charge is 0.494 e. The average Bonchev–Trinajstić information content (AvgIpc) is 3.15. The normalized spacial score (nSPS) is 19.7. The second-order valence-corrected chi connectivity index (χ2v) is 7.89. The molecule has 0 saturated heterocycles. The van der Waals surface area contributed by atoms with Gasteiger partial charge in [-0.05, 0) is 49.6 Å². The summed E-state index contributed by atoms with van der Waals surface area (Å²) in [6.07, 6.45) is 4.04. The Hall–Kier alpha value is -3.12. The number of aryl methyl sites for hydroxylation is 1. The molecule has 1 aliphatic heterocycles. The van der Waals surface area contributed by atoms with Crippen molar-refractivity contribution in [3.05, 3.63) is 78.4 Å². The summed E-state index contributed by atoms with van der Waals surface area (Å²) in [6, 6.07) is 17.6. The maximum atomic E-state index is 13.2. The molecule has 0 aromatic heterocycles. The molecular weight excluding hydrogens is 404 g/mol. The predicted molar refractivity (Wildman–Crippen MR) is 126 cm³/mol. The van der Waals surface area contributed by atoms with E-state index >= 15 is 0 Å². The Labute approximate surface area is 190 Å². The van der Waals surface area contributed by atoms with Crippen LogP contribution in [0.5, 0.6) is 5.75 Å². The van der Waals surface area contributed by atoms with Crippen LogP contribution in [0.25, 0.3) is 0 Å². The van der Waals surface area contributed by atoms with Gasteiger partial charge < -0.3 is 19.9 Å². The highest BCUT2D eigenvalue weighted by Gasteiger charge is 2.49. The van der Waals surface area contributed by atoms with E-state index in [1.165, 1.54) is 5.56 Å². The van der Waals surface area contributed by atoms with Gasteiger partial charge >= 0.3 is 0 Å². The number of aliphatic hydroxyl groups excluding tert-OH is 1. The Morgan fingerprint density at radius 3 is 2.66 bits per heavy atom. The number of hydrogen-bond donors (Lipinski definition) is 2. The minimum atomic E-state index is -1.03. The summed E-state index contributed by atoms with van der Waals surface area (Å²) in [5.41, 5.74) is 1.01. The molecule has 1 amide bonds. The van der Waals surface area contributed by atoms with Gasteiger partial charge in [-0.2, -0.15) is 0 Å². The summed E-state index contributed by atoms with van der Waals surface area (Å²) in [5, 5.41) is 11.9. The van der Waals surface area contributed by atoms with Gasteiger partial charge in [0.2, 0.25) is 5.90 Å². The third kappa shape index (κ3) is 5.77. The van der Waals surface area contributed by atoms with Crippen LogP contribution in [0.4, 0.5) is 0 Å². The van der Waals surface area contributed by atoms with Crippen molar-refractivity contribution in [1.29, 1.82) is 0 Å². The fourth-order valence-corrected chi connectivity index (χ4v) is 3.70. The molecular formula is C26H32N2O4. The first-order valence-electron chi connectivity index (χ1n) is 11.1. The number of carbonyl (C=O) groups excluding carboxylic acids is 1. The van der Waals surface area contributed by atoms with Crippen LogP contribution in [0.15, 0.2) is 72.2 Å². The fourth-order valence-electron chi connectivity index (χ4n) is 3.70. The van der Waals surface area contributed by atoms with Crippen molar-refractivity contribution in [3.63, 3.8) is 0 Å². The van der Waals surface area contributed by atoms with Crippen LogP contribution < -0.4 is 10.1 Å². The summed E-state index contributed by atoms with van der Waals surface area (Å²) in [6.45, 7) is 6.83. The zero-order valence-electron chi connectivity index (χ0n) is 18.6. The number of nitrogens with zero attached hydrogens (tertiary/aromatic N) is 1. The first-order chi connectivity index (χ1) is 15.6. The lowest BCUT2D eigenvalue weighted by atomic mass is 9.89. The summed E-state index contributed by atoms with van der Waals surface area (Å²) in [4.78, 5) is 17.9. The number of carbonyl (C=O) groups is 1. The van der Waals surface area contributed by atoms with E-state index in [1.807, 2.05) is 49.4 Å². The second kappa shape index (κ2) is 11.5. The van der Waals surface area contributed by atoms with Crippen LogP contribution in [0, 0.1) is 0 Å². The van der Waals surface area contributed by atoms with Crippen molar-refractivity contribution in [2.45, 2.75) is 44.2 Å². The van der Waals surface area contributed by atoms with Crippen molar-refractivity contribution in [1.82, 2.24) is 5.32 Å². The summed E-state index contributed by atoms with van der Waals surface area (Å²) >= 11 is 0. The van der Waals surface area contributed by atoms with Crippen molar-refractivity contribution in [3.8, 4) is 5.75 Å². The molecule has 2 aromatic carbocycles. The number of amides is 1. The van der Waals surface area contributed by atoms with Crippen molar-refractivity contribution in [2.24, 2.45) is 4.99 Å². The number of aliphatic hydroxyl groups is 1. The Morgan fingerprint density at radius 2 is 1.97 bits per heavy atom. The van der Waals surface area contributed by atoms with E-state index in [0.717, 1.165) is 18.4 Å². The Balaban J connectivity index is 1.65. The average molecular weight is 437 g/mol. The van der Waals surface area contributed by atoms with E-state index in [1.54, 1.807) is 6.08 Å². The van der Waals surface area contributed by atoms with E-state index in [4.69, 9.17) is 19.6 Å². The molecule has 0 saturated carbocycles. The molecule has 3 rings (SSSR count). The molecule has 0 radical (unpaired) electrons. The van der Waals surface area contributed by atoms with Crippen LogP contribution in [-0.4, -0.2) is 48.3 Å². The molecule has 2 atom stereocenters. The number of ether oxygens (including phenoxy) is 2. The molecule has 1 aliphatic rings. The minimum absolute atomic E-state index is 0.0975. The van der Waals surface area contributed by atoms with Crippen LogP contribution in [0.1, 0.15) is 37.3 Å². The molecule has 0 fully saturated rings. The number of aliphatic imine (C=N–C) groups is 1. The maximum Gasteiger partial charge on any atom is 0.252 e. The lowest BCUT2D eigenvalue weighted by Gasteiger charge is -2.26. The van der Waals surface area contributed by atoms with Gasteiger partial charge in [0.25, 0.3) is 5.91 Å². The first-order valence-corrected chi connectivity index (χ1v) is 11.1. The highest BCUT2D eigenvalue weighted by molar-refractivity contribution is 6.00. The molecule has 0 bridgehead atoms. The number of rotatable bonds is 12. The summed E-state index contributed by atoms with van der Waals surface area (Å²) in [5.74, 6) is 1.01. The van der Waals surface area contributed by atoms with E-state index in [2.05, 4.69) is 24.0 Å². The molecule has 1 heterocycles. The van der Waals surface area contributed by atoms with Gasteiger partial charge in [0.05, 0.1) is 6.61 Å². The van der Waals surface area contributed by atoms with Crippen molar-refractivity contribution in [2.75, 3.05) is 19.8 Å². The van der Waals surface area contributed by atoms with Gasteiger partial charge in [-0.3, -0.25) is 4.79 Å². The third-order valence-electron chi connectivity index (χ3n) is 5.55. The SMILES string of the molecule is C=CC[C@@]1(C(=O)NCCCc2ccccc2)N=C(c2ccc(OCCCO)cc2)O[C@@H]1C. The van der Waals surface area contributed by atoms with E-state index in [-0.39, 0.29) is 12.5 Å². The van der Waals surface area contributed by atoms with Crippen LogP contribution >= 0.6 is 0 Å². The van der Waals surface area contributed by atoms with Crippen LogP contribution in [-0.2, 0) is 16.0 Å². The van der Waals surface area contributed by atoms with Gasteiger partial charge in [-0.15, -0.1) is 6.58 Å².